The van der Waals surface area contributed by atoms with Gasteiger partial charge in [-0.05, 0) is 0 Å². The molecular weight excluding hydrogens is 130 g/mol. The molecule has 49 valence electrons. The molecule has 1 atom stereocenters. The highest BCUT2D eigenvalue weighted by Crippen LogP contribution is 1.79. The first-order valence-corrected chi connectivity index (χ1v) is 3.38. The Hall–Kier alpha value is -0.130. The second-order valence-electron chi connectivity index (χ2n) is 1.33. The van der Waals surface area contributed by atoms with E-state index in [4.69, 9.17) is 10.8 Å². The van der Waals surface area contributed by atoms with Gasteiger partial charge in [-0.3, -0.25) is 0 Å². The Morgan fingerprint density at radius 3 is 2.38 bits per heavy atom. The third kappa shape index (κ3) is 4.04. The van der Waals surface area contributed by atoms with Crippen molar-refractivity contribution in [2.45, 2.75) is 6.04 Å². The van der Waals surface area contributed by atoms with Crippen LogP contribution in [0.3, 0.4) is 0 Å². The average Bonchev–Trinajstić information content (AvgIpc) is 1.65. The van der Waals surface area contributed by atoms with E-state index >= 15 is 0 Å². The Labute approximate surface area is 49.3 Å². The van der Waals surface area contributed by atoms with Gasteiger partial charge in [0.2, 0.25) is 0 Å². The molecule has 0 aliphatic heterocycles. The van der Waals surface area contributed by atoms with Crippen molar-refractivity contribution in [3.05, 3.63) is 6.61 Å². The first-order valence-electron chi connectivity index (χ1n) is 2.01. The summed E-state index contributed by atoms with van der Waals surface area (Å²) in [5.74, 6) is -0.189. The predicted octanol–water partition coefficient (Wildman–Crippen LogP) is -1.54. The minimum atomic E-state index is -2.46. The lowest BCUT2D eigenvalue weighted by molar-refractivity contribution is 0.361. The topological polar surface area (TPSA) is 80.4 Å². The van der Waals surface area contributed by atoms with Crippen molar-refractivity contribution >= 4 is 10.7 Å². The molecule has 0 saturated carbocycles. The van der Waals surface area contributed by atoms with Crippen LogP contribution in [0.15, 0.2) is 0 Å². The van der Waals surface area contributed by atoms with E-state index in [9.17, 15) is 8.42 Å². The molecule has 0 aromatic rings. The molecule has 5 heteroatoms. The van der Waals surface area contributed by atoms with Crippen molar-refractivity contribution < 1.29 is 13.5 Å². The predicted molar refractivity (Wildman–Crippen MR) is 29.4 cm³/mol. The van der Waals surface area contributed by atoms with Crippen molar-refractivity contribution in [3.8, 4) is 0 Å². The summed E-state index contributed by atoms with van der Waals surface area (Å²) >= 11 is 0. The van der Waals surface area contributed by atoms with Gasteiger partial charge in [0, 0.05) is 6.04 Å². The summed E-state index contributed by atoms with van der Waals surface area (Å²) in [6, 6.07) is -0.740. The second kappa shape index (κ2) is 3.82. The van der Waals surface area contributed by atoms with Gasteiger partial charge in [-0.2, -0.15) is 0 Å². The van der Waals surface area contributed by atoms with Gasteiger partial charge in [0.15, 0.2) is 0 Å². The maximum absolute atomic E-state index is 9.79. The van der Waals surface area contributed by atoms with Gasteiger partial charge >= 0.3 is 0 Å². The molecule has 0 heterocycles. The zero-order chi connectivity index (χ0) is 6.57. The third-order valence-corrected chi connectivity index (χ3v) is 1.27. The highest BCUT2D eigenvalue weighted by molar-refractivity contribution is 7.72. The van der Waals surface area contributed by atoms with Crippen LogP contribution in [0.4, 0.5) is 0 Å². The largest absolute Gasteiger partial charge is 0.389 e. The zero-order valence-electron chi connectivity index (χ0n) is 4.15. The third-order valence-electron chi connectivity index (χ3n) is 0.551. The summed E-state index contributed by atoms with van der Waals surface area (Å²) in [4.78, 5) is 0. The van der Waals surface area contributed by atoms with Crippen LogP contribution in [0.5, 0.6) is 0 Å². The van der Waals surface area contributed by atoms with Gasteiger partial charge in [0.1, 0.15) is 10.7 Å². The maximum Gasteiger partial charge on any atom is 0.141 e. The van der Waals surface area contributed by atoms with Crippen molar-refractivity contribution in [2.75, 3.05) is 5.75 Å². The highest BCUT2D eigenvalue weighted by atomic mass is 32.2. The summed E-state index contributed by atoms with van der Waals surface area (Å²) in [5, 5.41) is 8.07. The van der Waals surface area contributed by atoms with Crippen LogP contribution in [0.1, 0.15) is 0 Å². The molecule has 4 nitrogen and oxygen atoms in total. The smallest absolute Gasteiger partial charge is 0.141 e. The summed E-state index contributed by atoms with van der Waals surface area (Å²) in [6.45, 7) is 0.658. The Bertz CT molecular complexity index is 114. The number of aliphatic hydroxyl groups excluding tert-OH is 1. The fourth-order valence-electron chi connectivity index (χ4n) is 0.219. The lowest BCUT2D eigenvalue weighted by Gasteiger charge is -1.97. The van der Waals surface area contributed by atoms with Crippen LogP contribution < -0.4 is 5.73 Å². The molecule has 1 radical (unpaired) electrons. The number of thiol groups is 1. The van der Waals surface area contributed by atoms with E-state index in [0.29, 0.717) is 6.61 Å². The monoisotopic (exact) mass is 138 g/mol. The molecule has 0 aliphatic carbocycles. The van der Waals surface area contributed by atoms with Crippen molar-refractivity contribution in [1.29, 1.82) is 0 Å². The molecule has 0 saturated heterocycles. The minimum absolute atomic E-state index is 0.189. The fraction of sp³-hybridized carbons (Fsp3) is 0.667. The first kappa shape index (κ1) is 7.87. The molecular formula is C3H8NO3S. The van der Waals surface area contributed by atoms with Crippen molar-refractivity contribution in [1.82, 2.24) is 0 Å². The second-order valence-corrected chi connectivity index (χ2v) is 2.36. The summed E-state index contributed by atoms with van der Waals surface area (Å²) in [6.07, 6.45) is 0. The number of rotatable bonds is 3. The van der Waals surface area contributed by atoms with Gasteiger partial charge in [-0.15, -0.1) is 0 Å². The van der Waals surface area contributed by atoms with Crippen LogP contribution in [-0.4, -0.2) is 25.3 Å². The Balaban J connectivity index is 3.39. The normalized spacial score (nSPS) is 14.4. The number of nitrogens with two attached hydrogens (primary N) is 1. The van der Waals surface area contributed by atoms with Gasteiger partial charge in [-0.1, -0.05) is 0 Å². The lowest BCUT2D eigenvalue weighted by Crippen LogP contribution is -2.25. The van der Waals surface area contributed by atoms with Gasteiger partial charge in [-0.25, -0.2) is 8.42 Å². The average molecular weight is 138 g/mol. The van der Waals surface area contributed by atoms with E-state index in [0.717, 1.165) is 0 Å². The summed E-state index contributed by atoms with van der Waals surface area (Å²) in [5.41, 5.74) is 4.98. The fourth-order valence-corrected chi connectivity index (χ4v) is 0.658. The first-order chi connectivity index (χ1) is 3.66. The SMILES string of the molecule is N[C@H]([CH]O)C[SH](=O)=O. The Morgan fingerprint density at radius 2 is 2.25 bits per heavy atom. The van der Waals surface area contributed by atoms with E-state index in [-0.39, 0.29) is 5.75 Å². The standard InChI is InChI=1S/C3H8NO3S/c4-3(1-5)2-8(6)7/h1,3,5,8H,2,4H2/t3-/m1/s1. The van der Waals surface area contributed by atoms with E-state index in [1.165, 1.54) is 0 Å². The van der Waals surface area contributed by atoms with Crippen LogP contribution >= 0.6 is 0 Å². The van der Waals surface area contributed by atoms with Gasteiger partial charge in [0.05, 0.1) is 12.4 Å². The van der Waals surface area contributed by atoms with Crippen LogP contribution in [-0.2, 0) is 10.7 Å². The van der Waals surface area contributed by atoms with Crippen LogP contribution in [0.2, 0.25) is 0 Å². The van der Waals surface area contributed by atoms with E-state index in [1.807, 2.05) is 0 Å². The van der Waals surface area contributed by atoms with E-state index in [1.54, 1.807) is 0 Å². The lowest BCUT2D eigenvalue weighted by atomic mass is 10.4. The molecule has 0 spiro atoms. The number of hydrogen-bond acceptors (Lipinski definition) is 4. The Morgan fingerprint density at radius 1 is 1.75 bits per heavy atom. The zero-order valence-corrected chi connectivity index (χ0v) is 5.04. The quantitative estimate of drug-likeness (QED) is 0.413. The molecule has 0 aromatic heterocycles. The van der Waals surface area contributed by atoms with E-state index < -0.39 is 16.7 Å². The minimum Gasteiger partial charge on any atom is -0.389 e. The molecule has 8 heavy (non-hydrogen) atoms. The number of aliphatic hydroxyl groups is 1. The molecule has 0 rings (SSSR count). The molecule has 0 aromatic carbocycles. The molecule has 0 amide bonds. The highest BCUT2D eigenvalue weighted by Gasteiger charge is 1.99. The molecule has 3 N–H and O–H groups in total. The summed E-state index contributed by atoms with van der Waals surface area (Å²) in [7, 11) is -2.46. The van der Waals surface area contributed by atoms with Crippen LogP contribution in [0, 0.1) is 6.61 Å². The molecule has 0 bridgehead atoms. The van der Waals surface area contributed by atoms with Crippen LogP contribution in [0.25, 0.3) is 0 Å². The summed E-state index contributed by atoms with van der Waals surface area (Å²) < 4.78 is 19.6. The molecule has 0 fully saturated rings. The molecule has 0 aliphatic rings. The van der Waals surface area contributed by atoms with Crippen molar-refractivity contribution in [3.63, 3.8) is 0 Å². The number of hydrogen-bond donors (Lipinski definition) is 3. The maximum atomic E-state index is 9.79. The van der Waals surface area contributed by atoms with E-state index in [2.05, 4.69) is 0 Å². The van der Waals surface area contributed by atoms with Gasteiger partial charge in [0.25, 0.3) is 0 Å². The Kier molecular flexibility index (Phi) is 3.76. The molecule has 0 unspecified atom stereocenters. The van der Waals surface area contributed by atoms with Crippen molar-refractivity contribution in [2.24, 2.45) is 5.73 Å². The van der Waals surface area contributed by atoms with Gasteiger partial charge < -0.3 is 10.8 Å².